The van der Waals surface area contributed by atoms with Crippen molar-refractivity contribution >= 4 is 23.3 Å². The number of nitrogens with zero attached hydrogens (tertiary/aromatic N) is 3. The molecule has 1 amide bonds. The Bertz CT molecular complexity index is 948. The van der Waals surface area contributed by atoms with Crippen LogP contribution in [-0.2, 0) is 4.74 Å². The standard InChI is InChI=1S/C19H20F2N4O4/c1-11-8-16(23-29-11)22-9-13-10-25(19(27)28-13)15-3-2-14(17(20)18(15)21)24-6-4-12(26)5-7-24/h2-4,6,8,12-13,26H,5,7,9-10H2,1H3,(H,22,23). The highest BCUT2D eigenvalue weighted by molar-refractivity contribution is 5.90. The third-order valence-electron chi connectivity index (χ3n) is 4.81. The molecule has 0 bridgehead atoms. The van der Waals surface area contributed by atoms with Crippen molar-refractivity contribution < 1.29 is 27.9 Å². The zero-order chi connectivity index (χ0) is 20.5. The van der Waals surface area contributed by atoms with Crippen molar-refractivity contribution in [3.8, 4) is 0 Å². The minimum absolute atomic E-state index is 0.0431. The number of aromatic nitrogens is 1. The number of carbonyl (C=O) groups is 1. The molecule has 1 aromatic heterocycles. The van der Waals surface area contributed by atoms with Crippen molar-refractivity contribution in [3.63, 3.8) is 0 Å². The first-order valence-electron chi connectivity index (χ1n) is 9.18. The minimum Gasteiger partial charge on any atom is -0.442 e. The monoisotopic (exact) mass is 406 g/mol. The first-order chi connectivity index (χ1) is 13.9. The molecule has 2 aliphatic rings. The number of benzene rings is 1. The Kier molecular flexibility index (Phi) is 5.10. The minimum atomic E-state index is -1.13. The number of nitrogens with one attached hydrogen (secondary N) is 1. The second kappa shape index (κ2) is 7.70. The Morgan fingerprint density at radius 2 is 2.07 bits per heavy atom. The maximum absolute atomic E-state index is 14.7. The predicted octanol–water partition coefficient (Wildman–Crippen LogP) is 2.78. The Hall–Kier alpha value is -3.14. The van der Waals surface area contributed by atoms with E-state index in [0.717, 1.165) is 4.90 Å². The zero-order valence-corrected chi connectivity index (χ0v) is 15.6. The Morgan fingerprint density at radius 3 is 2.76 bits per heavy atom. The van der Waals surface area contributed by atoms with E-state index in [1.54, 1.807) is 13.0 Å². The first kappa shape index (κ1) is 19.2. The maximum atomic E-state index is 14.7. The summed E-state index contributed by atoms with van der Waals surface area (Å²) in [5.41, 5.74) is -0.140. The quantitative estimate of drug-likeness (QED) is 0.789. The van der Waals surface area contributed by atoms with Gasteiger partial charge in [-0.3, -0.25) is 4.90 Å². The van der Waals surface area contributed by atoms with E-state index in [2.05, 4.69) is 10.5 Å². The predicted molar refractivity (Wildman–Crippen MR) is 101 cm³/mol. The number of hydrogen-bond acceptors (Lipinski definition) is 7. The lowest BCUT2D eigenvalue weighted by Gasteiger charge is -2.27. The number of carbonyl (C=O) groups excluding carboxylic acids is 1. The Labute approximate surface area is 165 Å². The number of halogens is 2. The average molecular weight is 406 g/mol. The average Bonchev–Trinajstić information content (AvgIpc) is 3.28. The molecule has 1 saturated heterocycles. The van der Waals surface area contributed by atoms with E-state index in [1.165, 1.54) is 29.3 Å². The molecule has 10 heteroatoms. The summed E-state index contributed by atoms with van der Waals surface area (Å²) >= 11 is 0. The number of hydrogen-bond donors (Lipinski definition) is 2. The molecule has 2 aliphatic heterocycles. The number of ether oxygens (including phenoxy) is 1. The van der Waals surface area contributed by atoms with Crippen molar-refractivity contribution in [2.45, 2.75) is 25.6 Å². The van der Waals surface area contributed by atoms with E-state index in [1.807, 2.05) is 0 Å². The lowest BCUT2D eigenvalue weighted by atomic mass is 10.1. The molecule has 0 radical (unpaired) electrons. The molecule has 0 aliphatic carbocycles. The number of anilines is 3. The summed E-state index contributed by atoms with van der Waals surface area (Å²) in [5.74, 6) is -1.05. The van der Waals surface area contributed by atoms with Gasteiger partial charge in [-0.1, -0.05) is 5.16 Å². The van der Waals surface area contributed by atoms with Crippen LogP contribution in [0.15, 0.2) is 35.0 Å². The number of aliphatic hydroxyl groups excluding tert-OH is 1. The Balaban J connectivity index is 1.47. The van der Waals surface area contributed by atoms with Gasteiger partial charge in [0.05, 0.1) is 30.6 Å². The van der Waals surface area contributed by atoms with Gasteiger partial charge in [0.15, 0.2) is 17.5 Å². The highest BCUT2D eigenvalue weighted by atomic mass is 19.2. The molecule has 8 nitrogen and oxygen atoms in total. The molecule has 4 rings (SSSR count). The van der Waals surface area contributed by atoms with Crippen LogP contribution in [0, 0.1) is 18.6 Å². The van der Waals surface area contributed by atoms with Crippen LogP contribution >= 0.6 is 0 Å². The van der Waals surface area contributed by atoms with E-state index in [9.17, 15) is 18.7 Å². The number of aryl methyl sites for hydroxylation is 1. The van der Waals surface area contributed by atoms with Crippen LogP contribution in [0.2, 0.25) is 0 Å². The summed E-state index contributed by atoms with van der Waals surface area (Å²) < 4.78 is 39.6. The molecule has 2 atom stereocenters. The fourth-order valence-corrected chi connectivity index (χ4v) is 3.30. The number of cyclic esters (lactones) is 1. The lowest BCUT2D eigenvalue weighted by molar-refractivity contribution is 0.147. The van der Waals surface area contributed by atoms with E-state index in [4.69, 9.17) is 9.26 Å². The van der Waals surface area contributed by atoms with Gasteiger partial charge >= 0.3 is 6.09 Å². The highest BCUT2D eigenvalue weighted by Crippen LogP contribution is 2.32. The van der Waals surface area contributed by atoms with Gasteiger partial charge < -0.3 is 24.6 Å². The van der Waals surface area contributed by atoms with Gasteiger partial charge in [-0.05, 0) is 31.6 Å². The van der Waals surface area contributed by atoms with Crippen LogP contribution in [0.5, 0.6) is 0 Å². The molecule has 2 unspecified atom stereocenters. The molecular weight excluding hydrogens is 386 g/mol. The van der Waals surface area contributed by atoms with Crippen molar-refractivity contribution in [2.24, 2.45) is 0 Å². The number of rotatable bonds is 5. The second-order valence-corrected chi connectivity index (χ2v) is 6.94. The van der Waals surface area contributed by atoms with E-state index >= 15 is 0 Å². The van der Waals surface area contributed by atoms with Gasteiger partial charge in [-0.2, -0.15) is 0 Å². The third-order valence-corrected chi connectivity index (χ3v) is 4.81. The fourth-order valence-electron chi connectivity index (χ4n) is 3.30. The molecule has 154 valence electrons. The van der Waals surface area contributed by atoms with Gasteiger partial charge in [-0.15, -0.1) is 0 Å². The van der Waals surface area contributed by atoms with Crippen LogP contribution in [0.1, 0.15) is 12.2 Å². The van der Waals surface area contributed by atoms with Crippen LogP contribution in [0.4, 0.5) is 30.8 Å². The molecule has 2 N–H and O–H groups in total. The number of amides is 1. The lowest BCUT2D eigenvalue weighted by Crippen LogP contribution is -2.29. The van der Waals surface area contributed by atoms with Crippen LogP contribution < -0.4 is 15.1 Å². The summed E-state index contributed by atoms with van der Waals surface area (Å²) in [5, 5.41) is 16.3. The summed E-state index contributed by atoms with van der Waals surface area (Å²) in [4.78, 5) is 14.8. The molecule has 29 heavy (non-hydrogen) atoms. The SMILES string of the molecule is Cc1cc(NCC2CN(c3ccc(N4C=CC(O)CC4)c(F)c3F)C(=O)O2)no1. The largest absolute Gasteiger partial charge is 0.442 e. The summed E-state index contributed by atoms with van der Waals surface area (Å²) in [6, 6.07) is 4.45. The van der Waals surface area contributed by atoms with Crippen molar-refractivity contribution in [1.29, 1.82) is 0 Å². The van der Waals surface area contributed by atoms with Gasteiger partial charge in [0, 0.05) is 18.8 Å². The first-order valence-corrected chi connectivity index (χ1v) is 9.18. The van der Waals surface area contributed by atoms with Crippen molar-refractivity contribution in [2.75, 3.05) is 34.8 Å². The molecule has 3 heterocycles. The van der Waals surface area contributed by atoms with Gasteiger partial charge in [0.1, 0.15) is 11.9 Å². The normalized spacial score (nSPS) is 21.6. The van der Waals surface area contributed by atoms with Gasteiger partial charge in [-0.25, -0.2) is 13.6 Å². The molecule has 0 spiro atoms. The molecule has 1 aromatic carbocycles. The zero-order valence-electron chi connectivity index (χ0n) is 15.6. The Morgan fingerprint density at radius 1 is 1.31 bits per heavy atom. The van der Waals surface area contributed by atoms with Crippen molar-refractivity contribution in [1.82, 2.24) is 5.16 Å². The molecular formula is C19H20F2N4O4. The van der Waals surface area contributed by atoms with Crippen LogP contribution in [0.25, 0.3) is 0 Å². The van der Waals surface area contributed by atoms with Crippen LogP contribution in [-0.4, -0.2) is 48.2 Å². The third kappa shape index (κ3) is 3.88. The molecule has 0 saturated carbocycles. The second-order valence-electron chi connectivity index (χ2n) is 6.94. The van der Waals surface area contributed by atoms with Gasteiger partial charge in [0.2, 0.25) is 0 Å². The number of aliphatic hydroxyl groups is 1. The van der Waals surface area contributed by atoms with E-state index < -0.39 is 29.9 Å². The smallest absolute Gasteiger partial charge is 0.414 e. The molecule has 2 aromatic rings. The molecule has 1 fully saturated rings. The topological polar surface area (TPSA) is 91.1 Å². The fraction of sp³-hybridized carbons (Fsp3) is 0.368. The van der Waals surface area contributed by atoms with E-state index in [-0.39, 0.29) is 24.5 Å². The van der Waals surface area contributed by atoms with Gasteiger partial charge in [0.25, 0.3) is 0 Å². The van der Waals surface area contributed by atoms with Crippen LogP contribution in [0.3, 0.4) is 0 Å². The summed E-state index contributed by atoms with van der Waals surface area (Å²) in [7, 11) is 0. The highest BCUT2D eigenvalue weighted by Gasteiger charge is 2.35. The van der Waals surface area contributed by atoms with E-state index in [0.29, 0.717) is 24.5 Å². The maximum Gasteiger partial charge on any atom is 0.414 e. The van der Waals surface area contributed by atoms with Crippen molar-refractivity contribution in [3.05, 3.63) is 47.9 Å². The summed E-state index contributed by atoms with van der Waals surface area (Å²) in [6.07, 6.45) is 1.54. The summed E-state index contributed by atoms with van der Waals surface area (Å²) in [6.45, 7) is 2.41.